The first-order chi connectivity index (χ1) is 33.5. The lowest BCUT2D eigenvalue weighted by Crippen LogP contribution is -2.61. The summed E-state index contributed by atoms with van der Waals surface area (Å²) in [5, 5.41) is 44.8. The van der Waals surface area contributed by atoms with Crippen LogP contribution in [-0.2, 0) is 28.9 Å². The van der Waals surface area contributed by atoms with E-state index in [0.717, 1.165) is 44.9 Å². The van der Waals surface area contributed by atoms with Crippen LogP contribution in [0.2, 0.25) is 0 Å². The van der Waals surface area contributed by atoms with E-state index in [1.54, 1.807) is 6.08 Å². The Morgan fingerprint density at radius 3 is 1.38 bits per heavy atom. The number of aliphatic hydroxyl groups is 4. The highest BCUT2D eigenvalue weighted by atomic mass is 32.3. The Kier molecular flexibility index (Phi) is 43.7. The van der Waals surface area contributed by atoms with Crippen molar-refractivity contribution in [3.05, 3.63) is 36.5 Å². The van der Waals surface area contributed by atoms with Gasteiger partial charge < -0.3 is 35.2 Å². The average Bonchev–Trinajstić information content (AvgIpc) is 3.32. The van der Waals surface area contributed by atoms with Crippen LogP contribution in [-0.4, -0.2) is 95.4 Å². The molecule has 0 aliphatic carbocycles. The lowest BCUT2D eigenvalue weighted by atomic mass is 9.99. The number of ether oxygens (including phenoxy) is 2. The fraction of sp³-hybridized carbons (Fsp3) is 0.875. The summed E-state index contributed by atoms with van der Waals surface area (Å²) in [6.07, 6.45) is 49.3. The number of allylic oxidation sites excluding steroid dienone is 5. The Bertz CT molecular complexity index is 1360. The van der Waals surface area contributed by atoms with Crippen molar-refractivity contribution in [2.24, 2.45) is 0 Å². The molecule has 0 aromatic rings. The lowest BCUT2D eigenvalue weighted by molar-refractivity contribution is -0.298. The monoisotopic (exact) mass is 1000 g/mol. The van der Waals surface area contributed by atoms with Crippen LogP contribution in [0, 0.1) is 0 Å². The first kappa shape index (κ1) is 65.3. The fourth-order valence-electron chi connectivity index (χ4n) is 9.02. The van der Waals surface area contributed by atoms with Crippen molar-refractivity contribution in [3.63, 3.8) is 0 Å². The second-order valence-corrected chi connectivity index (χ2v) is 20.9. The minimum absolute atomic E-state index is 0.262. The lowest BCUT2D eigenvalue weighted by Gasteiger charge is -2.41. The quantitative estimate of drug-likeness (QED) is 0.0193. The van der Waals surface area contributed by atoms with E-state index >= 15 is 0 Å². The van der Waals surface area contributed by atoms with Gasteiger partial charge in [-0.05, 0) is 51.4 Å². The molecule has 1 saturated heterocycles. The molecular weight excluding hydrogens is 895 g/mol. The van der Waals surface area contributed by atoms with Gasteiger partial charge in [0.25, 0.3) is 0 Å². The van der Waals surface area contributed by atoms with Crippen LogP contribution in [0.3, 0.4) is 0 Å². The molecular formula is C56H105NO11S. The number of aliphatic hydroxyl groups excluding tert-OH is 4. The standard InChI is InChI=1S/C56H105NO11S/c1-3-5-7-9-11-13-15-16-17-18-19-20-21-22-23-24-25-26-27-28-29-30-31-32-33-34-36-38-40-42-44-46-52(60)57-49(50(59)45-43-41-39-37-35-14-12-10-8-6-4-2)48-66-56-54(62)55(68-69(63,64)65)53(61)51(47-58)67-56/h19-20,22-23,43,45,49-51,53-56,58-59,61-62H,3-18,21,24-42,44,46-48H2,1-2H3,(H,57,60)(H,63,64,65)/b20-19-,23-22-,45-43+. The SMILES string of the molecule is CCCCCCCCCCC/C=C\C/C=C\CCCCCCCCCCCCCCCCCC(=O)NC(COC1OC(CO)C(O)C(OS(=O)(=O)O)C1O)C(O)/C=C/CCCCCCCCCCC. The Hall–Kier alpha value is -1.68. The number of amides is 1. The molecule has 0 saturated carbocycles. The first-order valence-corrected chi connectivity index (χ1v) is 29.7. The van der Waals surface area contributed by atoms with Gasteiger partial charge in [-0.3, -0.25) is 9.35 Å². The van der Waals surface area contributed by atoms with E-state index in [2.05, 4.69) is 47.7 Å². The molecule has 12 nitrogen and oxygen atoms in total. The number of hydrogen-bond donors (Lipinski definition) is 6. The molecule has 1 aliphatic rings. The molecule has 69 heavy (non-hydrogen) atoms. The largest absolute Gasteiger partial charge is 0.397 e. The maximum Gasteiger partial charge on any atom is 0.397 e. The van der Waals surface area contributed by atoms with Crippen LogP contribution in [0.25, 0.3) is 0 Å². The molecule has 7 atom stereocenters. The predicted molar refractivity (Wildman–Crippen MR) is 282 cm³/mol. The minimum Gasteiger partial charge on any atom is -0.394 e. The number of nitrogens with one attached hydrogen (secondary N) is 1. The summed E-state index contributed by atoms with van der Waals surface area (Å²) in [6.45, 7) is 3.39. The van der Waals surface area contributed by atoms with Crippen LogP contribution in [0.15, 0.2) is 36.5 Å². The molecule has 0 spiro atoms. The van der Waals surface area contributed by atoms with Gasteiger partial charge in [-0.1, -0.05) is 237 Å². The maximum atomic E-state index is 13.1. The van der Waals surface area contributed by atoms with Gasteiger partial charge in [-0.15, -0.1) is 0 Å². The van der Waals surface area contributed by atoms with Crippen LogP contribution in [0.4, 0.5) is 0 Å². The zero-order valence-corrected chi connectivity index (χ0v) is 44.7. The van der Waals surface area contributed by atoms with Gasteiger partial charge in [0.15, 0.2) is 6.29 Å². The molecule has 13 heteroatoms. The topological polar surface area (TPSA) is 192 Å². The summed E-state index contributed by atoms with van der Waals surface area (Å²) < 4.78 is 47.7. The Morgan fingerprint density at radius 1 is 0.580 bits per heavy atom. The molecule has 406 valence electrons. The molecule has 0 aromatic carbocycles. The minimum atomic E-state index is -5.09. The van der Waals surface area contributed by atoms with E-state index in [0.29, 0.717) is 6.42 Å². The Balaban J connectivity index is 2.25. The van der Waals surface area contributed by atoms with Crippen LogP contribution in [0.5, 0.6) is 0 Å². The van der Waals surface area contributed by atoms with Gasteiger partial charge in [0.2, 0.25) is 5.91 Å². The molecule has 7 unspecified atom stereocenters. The number of hydrogen-bond acceptors (Lipinski definition) is 10. The van der Waals surface area contributed by atoms with E-state index in [9.17, 15) is 38.2 Å². The Labute approximate surface area is 422 Å². The molecule has 1 fully saturated rings. The summed E-state index contributed by atoms with van der Waals surface area (Å²) in [5.41, 5.74) is 0. The van der Waals surface area contributed by atoms with Crippen molar-refractivity contribution in [1.29, 1.82) is 0 Å². The van der Waals surface area contributed by atoms with E-state index in [4.69, 9.17) is 9.47 Å². The number of unbranched alkanes of at least 4 members (excludes halogenated alkanes) is 33. The Morgan fingerprint density at radius 2 is 0.971 bits per heavy atom. The molecule has 0 aromatic heterocycles. The third-order valence-electron chi connectivity index (χ3n) is 13.4. The van der Waals surface area contributed by atoms with Crippen LogP contribution < -0.4 is 5.32 Å². The average molecular weight is 1000 g/mol. The number of rotatable bonds is 49. The molecule has 1 aliphatic heterocycles. The third kappa shape index (κ3) is 38.6. The maximum absolute atomic E-state index is 13.1. The van der Waals surface area contributed by atoms with Crippen molar-refractivity contribution in [2.45, 2.75) is 301 Å². The van der Waals surface area contributed by atoms with Gasteiger partial charge in [-0.25, -0.2) is 4.18 Å². The summed E-state index contributed by atoms with van der Waals surface area (Å²) >= 11 is 0. The summed E-state index contributed by atoms with van der Waals surface area (Å²) in [6, 6.07) is -0.942. The van der Waals surface area contributed by atoms with Gasteiger partial charge in [-0.2, -0.15) is 8.42 Å². The molecule has 0 bridgehead atoms. The molecule has 0 radical (unpaired) electrons. The second-order valence-electron chi connectivity index (χ2n) is 19.9. The molecule has 1 heterocycles. The summed E-state index contributed by atoms with van der Waals surface area (Å²) in [7, 11) is -5.09. The van der Waals surface area contributed by atoms with E-state index in [-0.39, 0.29) is 18.9 Å². The van der Waals surface area contributed by atoms with Crippen molar-refractivity contribution >= 4 is 16.3 Å². The van der Waals surface area contributed by atoms with Crippen molar-refractivity contribution in [1.82, 2.24) is 5.32 Å². The molecule has 1 amide bonds. The van der Waals surface area contributed by atoms with Gasteiger partial charge in [0.05, 0.1) is 25.4 Å². The highest BCUT2D eigenvalue weighted by Crippen LogP contribution is 2.26. The van der Waals surface area contributed by atoms with Crippen molar-refractivity contribution < 1.29 is 51.8 Å². The van der Waals surface area contributed by atoms with Gasteiger partial charge in [0.1, 0.15) is 24.4 Å². The number of carbonyl (C=O) groups is 1. The third-order valence-corrected chi connectivity index (χ3v) is 13.9. The first-order valence-electron chi connectivity index (χ1n) is 28.4. The van der Waals surface area contributed by atoms with E-state index in [1.807, 2.05) is 6.08 Å². The van der Waals surface area contributed by atoms with E-state index < -0.39 is 59.9 Å². The van der Waals surface area contributed by atoms with Crippen molar-refractivity contribution in [3.8, 4) is 0 Å². The normalized spacial score (nSPS) is 19.9. The molecule has 6 N–H and O–H groups in total. The van der Waals surface area contributed by atoms with Crippen LogP contribution in [0.1, 0.15) is 258 Å². The zero-order chi connectivity index (χ0) is 50.5. The summed E-state index contributed by atoms with van der Waals surface area (Å²) in [5.74, 6) is -0.262. The van der Waals surface area contributed by atoms with Crippen LogP contribution >= 0.6 is 0 Å². The smallest absolute Gasteiger partial charge is 0.394 e. The zero-order valence-electron chi connectivity index (χ0n) is 43.9. The molecule has 1 rings (SSSR count). The fourth-order valence-corrected chi connectivity index (χ4v) is 9.52. The van der Waals surface area contributed by atoms with Gasteiger partial charge >= 0.3 is 10.4 Å². The second kappa shape index (κ2) is 46.1. The number of carbonyl (C=O) groups excluding carboxylic acids is 1. The van der Waals surface area contributed by atoms with Crippen molar-refractivity contribution in [2.75, 3.05) is 13.2 Å². The summed E-state index contributed by atoms with van der Waals surface area (Å²) in [4.78, 5) is 13.1. The highest BCUT2D eigenvalue weighted by molar-refractivity contribution is 7.80. The van der Waals surface area contributed by atoms with Gasteiger partial charge in [0, 0.05) is 6.42 Å². The highest BCUT2D eigenvalue weighted by Gasteiger charge is 2.48. The van der Waals surface area contributed by atoms with E-state index in [1.165, 1.54) is 186 Å². The predicted octanol–water partition coefficient (Wildman–Crippen LogP) is 13.0.